The van der Waals surface area contributed by atoms with Crippen LogP contribution in [0.4, 0.5) is 0 Å². The van der Waals surface area contributed by atoms with E-state index in [-0.39, 0.29) is 6.10 Å². The summed E-state index contributed by atoms with van der Waals surface area (Å²) in [6.07, 6.45) is -0.290. The maximum Gasteiger partial charge on any atom is 0.0636 e. The van der Waals surface area contributed by atoms with Crippen molar-refractivity contribution in [2.24, 2.45) is 0 Å². The van der Waals surface area contributed by atoms with E-state index in [1.807, 2.05) is 0 Å². The van der Waals surface area contributed by atoms with E-state index in [1.165, 1.54) is 9.13 Å². The lowest BCUT2D eigenvalue weighted by atomic mass is 10.1. The van der Waals surface area contributed by atoms with Gasteiger partial charge in [0.1, 0.15) is 0 Å². The standard InChI is InChI=1S/C11H16INO/c1-8(14)7-13-9(2)10-3-5-11(12)6-4-10/h3-6,8-9,13-14H,7H2,1-2H3. The van der Waals surface area contributed by atoms with Gasteiger partial charge in [0.05, 0.1) is 6.10 Å². The normalized spacial score (nSPS) is 15.1. The van der Waals surface area contributed by atoms with Crippen molar-refractivity contribution in [3.63, 3.8) is 0 Å². The van der Waals surface area contributed by atoms with Crippen molar-refractivity contribution in [2.75, 3.05) is 6.54 Å². The molecule has 0 saturated carbocycles. The van der Waals surface area contributed by atoms with E-state index in [9.17, 15) is 0 Å². The minimum atomic E-state index is -0.290. The average Bonchev–Trinajstić information content (AvgIpc) is 2.15. The minimum absolute atomic E-state index is 0.290. The van der Waals surface area contributed by atoms with Crippen LogP contribution in [0.3, 0.4) is 0 Å². The van der Waals surface area contributed by atoms with Gasteiger partial charge in [0.2, 0.25) is 0 Å². The maximum atomic E-state index is 9.13. The van der Waals surface area contributed by atoms with Crippen molar-refractivity contribution in [2.45, 2.75) is 26.0 Å². The van der Waals surface area contributed by atoms with Gasteiger partial charge in [-0.25, -0.2) is 0 Å². The van der Waals surface area contributed by atoms with Gasteiger partial charge in [0.25, 0.3) is 0 Å². The molecule has 0 spiro atoms. The van der Waals surface area contributed by atoms with E-state index in [0.717, 1.165) is 0 Å². The van der Waals surface area contributed by atoms with Crippen molar-refractivity contribution in [3.05, 3.63) is 33.4 Å². The minimum Gasteiger partial charge on any atom is -0.392 e. The van der Waals surface area contributed by atoms with Crippen LogP contribution in [0.1, 0.15) is 25.5 Å². The molecule has 2 nitrogen and oxygen atoms in total. The highest BCUT2D eigenvalue weighted by Crippen LogP contribution is 2.14. The van der Waals surface area contributed by atoms with E-state index in [2.05, 4.69) is 59.1 Å². The van der Waals surface area contributed by atoms with Gasteiger partial charge >= 0.3 is 0 Å². The second kappa shape index (κ2) is 5.68. The van der Waals surface area contributed by atoms with Crippen molar-refractivity contribution in [3.8, 4) is 0 Å². The highest BCUT2D eigenvalue weighted by atomic mass is 127. The first kappa shape index (κ1) is 11.9. The SMILES string of the molecule is CC(O)CNC(C)c1ccc(I)cc1. The van der Waals surface area contributed by atoms with Crippen LogP contribution in [0, 0.1) is 3.57 Å². The smallest absolute Gasteiger partial charge is 0.0636 e. The van der Waals surface area contributed by atoms with Gasteiger partial charge in [0.15, 0.2) is 0 Å². The van der Waals surface area contributed by atoms with Gasteiger partial charge in [-0.3, -0.25) is 0 Å². The Morgan fingerprint density at radius 3 is 2.36 bits per heavy atom. The third-order valence-electron chi connectivity index (χ3n) is 2.09. The number of halogens is 1. The summed E-state index contributed by atoms with van der Waals surface area (Å²) in [7, 11) is 0. The summed E-state index contributed by atoms with van der Waals surface area (Å²) in [6.45, 7) is 4.52. The van der Waals surface area contributed by atoms with Gasteiger partial charge in [-0.2, -0.15) is 0 Å². The van der Waals surface area contributed by atoms with Crippen molar-refractivity contribution >= 4 is 22.6 Å². The van der Waals surface area contributed by atoms with E-state index in [4.69, 9.17) is 5.11 Å². The summed E-state index contributed by atoms with van der Waals surface area (Å²) >= 11 is 2.29. The molecule has 0 fully saturated rings. The Morgan fingerprint density at radius 2 is 1.86 bits per heavy atom. The molecule has 0 heterocycles. The van der Waals surface area contributed by atoms with Crippen LogP contribution in [0.25, 0.3) is 0 Å². The molecule has 78 valence electrons. The predicted octanol–water partition coefficient (Wildman–Crippen LogP) is 2.32. The Morgan fingerprint density at radius 1 is 1.29 bits per heavy atom. The van der Waals surface area contributed by atoms with Crippen LogP contribution >= 0.6 is 22.6 Å². The quantitative estimate of drug-likeness (QED) is 0.837. The summed E-state index contributed by atoms with van der Waals surface area (Å²) in [4.78, 5) is 0. The van der Waals surface area contributed by atoms with E-state index >= 15 is 0 Å². The van der Waals surface area contributed by atoms with Crippen molar-refractivity contribution in [1.82, 2.24) is 5.32 Å². The molecule has 1 aromatic rings. The third kappa shape index (κ3) is 3.94. The van der Waals surface area contributed by atoms with Gasteiger partial charge in [-0.15, -0.1) is 0 Å². The fourth-order valence-electron chi connectivity index (χ4n) is 1.22. The largest absolute Gasteiger partial charge is 0.392 e. The molecule has 0 aliphatic carbocycles. The second-order valence-corrected chi connectivity index (χ2v) is 4.78. The van der Waals surface area contributed by atoms with E-state index < -0.39 is 0 Å². The summed E-state index contributed by atoms with van der Waals surface area (Å²) in [6, 6.07) is 8.71. The molecular formula is C11H16INO. The topological polar surface area (TPSA) is 32.3 Å². The fourth-order valence-corrected chi connectivity index (χ4v) is 1.58. The molecule has 3 heteroatoms. The third-order valence-corrected chi connectivity index (χ3v) is 2.81. The highest BCUT2D eigenvalue weighted by Gasteiger charge is 2.05. The summed E-state index contributed by atoms with van der Waals surface area (Å²) in [5.41, 5.74) is 1.26. The Kier molecular flexibility index (Phi) is 4.84. The molecular weight excluding hydrogens is 289 g/mol. The lowest BCUT2D eigenvalue weighted by Gasteiger charge is -2.15. The van der Waals surface area contributed by atoms with Gasteiger partial charge in [0, 0.05) is 16.2 Å². The van der Waals surface area contributed by atoms with Crippen LogP contribution < -0.4 is 5.32 Å². The van der Waals surface area contributed by atoms with Crippen molar-refractivity contribution < 1.29 is 5.11 Å². The molecule has 1 rings (SSSR count). The number of hydrogen-bond donors (Lipinski definition) is 2. The Bertz CT molecular complexity index is 271. The summed E-state index contributed by atoms with van der Waals surface area (Å²) in [5.74, 6) is 0. The first-order chi connectivity index (χ1) is 6.59. The average molecular weight is 305 g/mol. The van der Waals surface area contributed by atoms with Crippen LogP contribution in [0.15, 0.2) is 24.3 Å². The van der Waals surface area contributed by atoms with Crippen LogP contribution in [0.5, 0.6) is 0 Å². The zero-order valence-electron chi connectivity index (χ0n) is 8.50. The molecule has 1 aromatic carbocycles. The highest BCUT2D eigenvalue weighted by molar-refractivity contribution is 14.1. The van der Waals surface area contributed by atoms with Crippen LogP contribution in [0.2, 0.25) is 0 Å². The van der Waals surface area contributed by atoms with E-state index in [1.54, 1.807) is 6.92 Å². The molecule has 0 aliphatic rings. The van der Waals surface area contributed by atoms with Crippen LogP contribution in [-0.2, 0) is 0 Å². The van der Waals surface area contributed by atoms with Gasteiger partial charge in [-0.1, -0.05) is 12.1 Å². The first-order valence-electron chi connectivity index (χ1n) is 4.76. The summed E-state index contributed by atoms with van der Waals surface area (Å²) < 4.78 is 1.24. The molecule has 14 heavy (non-hydrogen) atoms. The van der Waals surface area contributed by atoms with Crippen LogP contribution in [-0.4, -0.2) is 17.8 Å². The first-order valence-corrected chi connectivity index (χ1v) is 5.84. The number of aliphatic hydroxyl groups is 1. The Balaban J connectivity index is 2.52. The lowest BCUT2D eigenvalue weighted by molar-refractivity contribution is 0.187. The number of aliphatic hydroxyl groups excluding tert-OH is 1. The summed E-state index contributed by atoms with van der Waals surface area (Å²) in [5, 5.41) is 12.4. The lowest BCUT2D eigenvalue weighted by Crippen LogP contribution is -2.27. The van der Waals surface area contributed by atoms with E-state index in [0.29, 0.717) is 12.6 Å². The molecule has 0 amide bonds. The molecule has 2 N–H and O–H groups in total. The molecule has 0 bridgehead atoms. The molecule has 2 unspecified atom stereocenters. The van der Waals surface area contributed by atoms with Crippen molar-refractivity contribution in [1.29, 1.82) is 0 Å². The molecule has 0 aromatic heterocycles. The Hall–Kier alpha value is -0.130. The molecule has 0 saturated heterocycles. The number of nitrogens with one attached hydrogen (secondary N) is 1. The monoisotopic (exact) mass is 305 g/mol. The van der Waals surface area contributed by atoms with Gasteiger partial charge in [-0.05, 0) is 54.1 Å². The van der Waals surface area contributed by atoms with Gasteiger partial charge < -0.3 is 10.4 Å². The second-order valence-electron chi connectivity index (χ2n) is 3.53. The number of rotatable bonds is 4. The number of benzene rings is 1. The molecule has 0 aliphatic heterocycles. The molecule has 0 radical (unpaired) electrons. The fraction of sp³-hybridized carbons (Fsp3) is 0.455. The predicted molar refractivity (Wildman–Crippen MR) is 67.3 cm³/mol. The zero-order valence-corrected chi connectivity index (χ0v) is 10.7. The zero-order chi connectivity index (χ0) is 10.6. The number of hydrogen-bond acceptors (Lipinski definition) is 2. The Labute approximate surface area is 98.9 Å². The molecule has 2 atom stereocenters. The maximum absolute atomic E-state index is 9.13.